The first-order valence-electron chi connectivity index (χ1n) is 9.39. The average molecular weight is 383 g/mol. The lowest BCUT2D eigenvalue weighted by Gasteiger charge is -2.26. The molecule has 2 amide bonds. The molecule has 0 bridgehead atoms. The van der Waals surface area contributed by atoms with E-state index in [9.17, 15) is 9.59 Å². The van der Waals surface area contributed by atoms with Crippen LogP contribution in [0.25, 0.3) is 0 Å². The number of ether oxygens (including phenoxy) is 2. The van der Waals surface area contributed by atoms with Crippen molar-refractivity contribution in [2.45, 2.75) is 6.92 Å². The molecule has 0 spiro atoms. The molecule has 0 atom stereocenters. The number of carbonyl (C=O) groups excluding carboxylic acids is 2. The first-order chi connectivity index (χ1) is 13.7. The van der Waals surface area contributed by atoms with E-state index in [1.54, 1.807) is 29.2 Å². The summed E-state index contributed by atoms with van der Waals surface area (Å²) in [6.07, 6.45) is 0. The van der Waals surface area contributed by atoms with Gasteiger partial charge in [0.2, 0.25) is 5.91 Å². The van der Waals surface area contributed by atoms with Gasteiger partial charge in [0.05, 0.1) is 26.4 Å². The van der Waals surface area contributed by atoms with Crippen molar-refractivity contribution >= 4 is 23.2 Å². The highest BCUT2D eigenvalue weighted by Crippen LogP contribution is 2.16. The molecule has 7 nitrogen and oxygen atoms in total. The molecule has 28 heavy (non-hydrogen) atoms. The lowest BCUT2D eigenvalue weighted by molar-refractivity contribution is -0.114. The number of nitrogens with one attached hydrogen (secondary N) is 2. The third-order valence-corrected chi connectivity index (χ3v) is 4.33. The van der Waals surface area contributed by atoms with E-state index in [2.05, 4.69) is 10.6 Å². The van der Waals surface area contributed by atoms with Crippen LogP contribution in [-0.4, -0.2) is 56.2 Å². The summed E-state index contributed by atoms with van der Waals surface area (Å²) in [4.78, 5) is 26.3. The second-order valence-electron chi connectivity index (χ2n) is 6.34. The minimum atomic E-state index is -0.166. The smallest absolute Gasteiger partial charge is 0.254 e. The topological polar surface area (TPSA) is 79.9 Å². The first kappa shape index (κ1) is 19.7. The van der Waals surface area contributed by atoms with Crippen molar-refractivity contribution in [2.75, 3.05) is 50.1 Å². The number of anilines is 2. The number of carbonyl (C=O) groups is 2. The number of rotatable bonds is 7. The minimum Gasteiger partial charge on any atom is -0.494 e. The molecule has 0 saturated carbocycles. The van der Waals surface area contributed by atoms with E-state index in [0.717, 1.165) is 11.4 Å². The standard InChI is InChI=1S/C21H25N3O4/c1-2-28-19-9-7-17(8-10-19)22-15-20(25)23-18-5-3-16(4-6-18)21(26)24-11-13-27-14-12-24/h3-10,22H,2,11-15H2,1H3,(H,23,25). The van der Waals surface area contributed by atoms with Crippen molar-refractivity contribution in [2.24, 2.45) is 0 Å². The van der Waals surface area contributed by atoms with Crippen LogP contribution < -0.4 is 15.4 Å². The molecule has 7 heteroatoms. The molecule has 2 aromatic carbocycles. The zero-order chi connectivity index (χ0) is 19.8. The summed E-state index contributed by atoms with van der Waals surface area (Å²) in [5, 5.41) is 5.88. The lowest BCUT2D eigenvalue weighted by atomic mass is 10.1. The third-order valence-electron chi connectivity index (χ3n) is 4.33. The lowest BCUT2D eigenvalue weighted by Crippen LogP contribution is -2.40. The number of hydrogen-bond donors (Lipinski definition) is 2. The van der Waals surface area contributed by atoms with Gasteiger partial charge in [-0.1, -0.05) is 0 Å². The van der Waals surface area contributed by atoms with Gasteiger partial charge in [0.25, 0.3) is 5.91 Å². The maximum absolute atomic E-state index is 12.4. The Labute approximate surface area is 164 Å². The Balaban J connectivity index is 1.48. The second kappa shape index (κ2) is 9.75. The van der Waals surface area contributed by atoms with Gasteiger partial charge in [-0.05, 0) is 55.5 Å². The fraction of sp³-hybridized carbons (Fsp3) is 0.333. The third kappa shape index (κ3) is 5.47. The zero-order valence-corrected chi connectivity index (χ0v) is 15.9. The summed E-state index contributed by atoms with van der Waals surface area (Å²) in [5.41, 5.74) is 2.09. The summed E-state index contributed by atoms with van der Waals surface area (Å²) >= 11 is 0. The van der Waals surface area contributed by atoms with Gasteiger partial charge < -0.3 is 25.0 Å². The number of nitrogens with zero attached hydrogens (tertiary/aromatic N) is 1. The van der Waals surface area contributed by atoms with Gasteiger partial charge >= 0.3 is 0 Å². The van der Waals surface area contributed by atoms with Crippen LogP contribution in [0.15, 0.2) is 48.5 Å². The van der Waals surface area contributed by atoms with Crippen LogP contribution in [-0.2, 0) is 9.53 Å². The van der Waals surface area contributed by atoms with Crippen molar-refractivity contribution in [3.63, 3.8) is 0 Å². The average Bonchev–Trinajstić information content (AvgIpc) is 2.74. The molecule has 1 aliphatic heterocycles. The number of benzene rings is 2. The van der Waals surface area contributed by atoms with Crippen molar-refractivity contribution in [1.29, 1.82) is 0 Å². The molecule has 0 aromatic heterocycles. The summed E-state index contributed by atoms with van der Waals surface area (Å²) in [5.74, 6) is 0.615. The highest BCUT2D eigenvalue weighted by atomic mass is 16.5. The van der Waals surface area contributed by atoms with Crippen molar-refractivity contribution in [3.8, 4) is 5.75 Å². The van der Waals surface area contributed by atoms with Crippen molar-refractivity contribution in [1.82, 2.24) is 4.90 Å². The second-order valence-corrected chi connectivity index (χ2v) is 6.34. The predicted molar refractivity (Wildman–Crippen MR) is 108 cm³/mol. The predicted octanol–water partition coefficient (Wildman–Crippen LogP) is 2.61. The molecule has 2 N–H and O–H groups in total. The zero-order valence-electron chi connectivity index (χ0n) is 15.9. The van der Waals surface area contributed by atoms with E-state index < -0.39 is 0 Å². The monoisotopic (exact) mass is 383 g/mol. The van der Waals surface area contributed by atoms with Gasteiger partial charge in [0.15, 0.2) is 0 Å². The number of amides is 2. The Morgan fingerprint density at radius 2 is 1.64 bits per heavy atom. The number of hydrogen-bond acceptors (Lipinski definition) is 5. The Bertz CT molecular complexity index is 784. The Morgan fingerprint density at radius 1 is 1.00 bits per heavy atom. The molecule has 3 rings (SSSR count). The fourth-order valence-electron chi connectivity index (χ4n) is 2.87. The molecule has 0 aliphatic carbocycles. The summed E-state index contributed by atoms with van der Waals surface area (Å²) in [7, 11) is 0. The van der Waals surface area contributed by atoms with Gasteiger partial charge in [0, 0.05) is 30.0 Å². The fourth-order valence-corrected chi connectivity index (χ4v) is 2.87. The van der Waals surface area contributed by atoms with Crippen LogP contribution in [0.1, 0.15) is 17.3 Å². The van der Waals surface area contributed by atoms with Crippen molar-refractivity contribution in [3.05, 3.63) is 54.1 Å². The first-order valence-corrected chi connectivity index (χ1v) is 9.39. The van der Waals surface area contributed by atoms with E-state index in [-0.39, 0.29) is 18.4 Å². The summed E-state index contributed by atoms with van der Waals surface area (Å²) < 4.78 is 10.7. The normalized spacial score (nSPS) is 13.7. The summed E-state index contributed by atoms with van der Waals surface area (Å²) in [6.45, 7) is 5.04. The Kier molecular flexibility index (Phi) is 6.86. The Hall–Kier alpha value is -3.06. The van der Waals surface area contributed by atoms with Gasteiger partial charge in [-0.15, -0.1) is 0 Å². The molecule has 1 heterocycles. The van der Waals surface area contributed by atoms with E-state index in [1.165, 1.54) is 0 Å². The van der Waals surface area contributed by atoms with Crippen LogP contribution in [0.4, 0.5) is 11.4 Å². The van der Waals surface area contributed by atoms with Gasteiger partial charge in [0.1, 0.15) is 5.75 Å². The molecule has 1 aliphatic rings. The SMILES string of the molecule is CCOc1ccc(NCC(=O)Nc2ccc(C(=O)N3CCOCC3)cc2)cc1. The van der Waals surface area contributed by atoms with E-state index in [4.69, 9.17) is 9.47 Å². The maximum atomic E-state index is 12.4. The Morgan fingerprint density at radius 3 is 2.29 bits per heavy atom. The van der Waals surface area contributed by atoms with Crippen LogP contribution in [0.5, 0.6) is 5.75 Å². The highest BCUT2D eigenvalue weighted by Gasteiger charge is 2.18. The molecule has 0 radical (unpaired) electrons. The van der Waals surface area contributed by atoms with Crippen LogP contribution in [0, 0.1) is 0 Å². The van der Waals surface area contributed by atoms with Gasteiger partial charge in [-0.2, -0.15) is 0 Å². The molecule has 148 valence electrons. The van der Waals surface area contributed by atoms with Crippen LogP contribution in [0.3, 0.4) is 0 Å². The molecule has 2 aromatic rings. The quantitative estimate of drug-likeness (QED) is 0.768. The van der Waals surface area contributed by atoms with Crippen molar-refractivity contribution < 1.29 is 19.1 Å². The van der Waals surface area contributed by atoms with E-state index >= 15 is 0 Å². The van der Waals surface area contributed by atoms with Crippen LogP contribution in [0.2, 0.25) is 0 Å². The number of morpholine rings is 1. The molecule has 1 saturated heterocycles. The van der Waals surface area contributed by atoms with Gasteiger partial charge in [-0.25, -0.2) is 0 Å². The van der Waals surface area contributed by atoms with E-state index in [0.29, 0.717) is 44.2 Å². The maximum Gasteiger partial charge on any atom is 0.254 e. The molecule has 0 unspecified atom stereocenters. The van der Waals surface area contributed by atoms with E-state index in [1.807, 2.05) is 31.2 Å². The minimum absolute atomic E-state index is 0.0154. The van der Waals surface area contributed by atoms with Gasteiger partial charge in [-0.3, -0.25) is 9.59 Å². The molecular formula is C21H25N3O4. The molecule has 1 fully saturated rings. The van der Waals surface area contributed by atoms with Crippen LogP contribution >= 0.6 is 0 Å². The molecular weight excluding hydrogens is 358 g/mol. The largest absolute Gasteiger partial charge is 0.494 e. The summed E-state index contributed by atoms with van der Waals surface area (Å²) in [6, 6.07) is 14.4. The highest BCUT2D eigenvalue weighted by molar-refractivity contribution is 5.96.